The van der Waals surface area contributed by atoms with Gasteiger partial charge in [-0.2, -0.15) is 0 Å². The quantitative estimate of drug-likeness (QED) is 0.270. The number of aromatic nitrogens is 2. The number of oxime groups is 1. The van der Waals surface area contributed by atoms with Crippen LogP contribution in [0, 0.1) is 6.92 Å². The highest BCUT2D eigenvalue weighted by Crippen LogP contribution is 2.26. The van der Waals surface area contributed by atoms with Gasteiger partial charge in [-0.25, -0.2) is 9.78 Å². The second-order valence-electron chi connectivity index (χ2n) is 5.83. The predicted molar refractivity (Wildman–Crippen MR) is 108 cm³/mol. The molecule has 0 N–H and O–H groups in total. The van der Waals surface area contributed by atoms with Gasteiger partial charge in [0.15, 0.2) is 0 Å². The summed E-state index contributed by atoms with van der Waals surface area (Å²) in [5, 5.41) is 6.36. The zero-order valence-electron chi connectivity index (χ0n) is 14.3. The van der Waals surface area contributed by atoms with Crippen LogP contribution >= 0.6 is 22.9 Å². The molecule has 0 aliphatic carbocycles. The van der Waals surface area contributed by atoms with E-state index >= 15 is 0 Å². The fraction of sp³-hybridized carbons (Fsp3) is 0.0500. The van der Waals surface area contributed by atoms with Gasteiger partial charge < -0.3 is 4.84 Å². The molecule has 27 heavy (non-hydrogen) atoms. The van der Waals surface area contributed by atoms with E-state index in [1.54, 1.807) is 12.1 Å². The van der Waals surface area contributed by atoms with E-state index in [1.165, 1.54) is 17.6 Å². The fourth-order valence-corrected chi connectivity index (χ4v) is 3.45. The van der Waals surface area contributed by atoms with Gasteiger partial charge in [-0.15, -0.1) is 11.3 Å². The van der Waals surface area contributed by atoms with Gasteiger partial charge in [0.05, 0.1) is 17.6 Å². The third kappa shape index (κ3) is 3.49. The molecule has 134 valence electrons. The molecule has 5 nitrogen and oxygen atoms in total. The van der Waals surface area contributed by atoms with Gasteiger partial charge in [-0.1, -0.05) is 41.0 Å². The Hall–Kier alpha value is -2.96. The van der Waals surface area contributed by atoms with Crippen molar-refractivity contribution in [2.24, 2.45) is 5.16 Å². The zero-order chi connectivity index (χ0) is 18.8. The number of fused-ring (bicyclic) bond motifs is 1. The van der Waals surface area contributed by atoms with Crippen LogP contribution in [0.5, 0.6) is 0 Å². The number of aryl methyl sites for hydroxylation is 1. The number of pyridine rings is 1. The highest BCUT2D eigenvalue weighted by molar-refractivity contribution is 7.11. The van der Waals surface area contributed by atoms with Crippen molar-refractivity contribution in [1.82, 2.24) is 9.38 Å². The summed E-state index contributed by atoms with van der Waals surface area (Å²) >= 11 is 7.31. The lowest BCUT2D eigenvalue weighted by Crippen LogP contribution is -1.99. The van der Waals surface area contributed by atoms with Gasteiger partial charge in [0, 0.05) is 16.8 Å². The second kappa shape index (κ2) is 7.34. The Kier molecular flexibility index (Phi) is 4.75. The Morgan fingerprint density at radius 1 is 1.22 bits per heavy atom. The molecular weight excluding hydrogens is 382 g/mol. The van der Waals surface area contributed by atoms with E-state index in [0.29, 0.717) is 9.90 Å². The van der Waals surface area contributed by atoms with Gasteiger partial charge in [0.1, 0.15) is 10.5 Å². The van der Waals surface area contributed by atoms with Crippen LogP contribution in [0.2, 0.25) is 5.02 Å². The van der Waals surface area contributed by atoms with E-state index in [-0.39, 0.29) is 0 Å². The molecule has 0 amide bonds. The zero-order valence-corrected chi connectivity index (χ0v) is 15.9. The number of hydrogen-bond donors (Lipinski definition) is 0. The third-order valence-electron chi connectivity index (χ3n) is 4.03. The number of hydrogen-bond acceptors (Lipinski definition) is 5. The monoisotopic (exact) mass is 395 g/mol. The maximum absolute atomic E-state index is 12.0. The Morgan fingerprint density at radius 2 is 2.04 bits per heavy atom. The van der Waals surface area contributed by atoms with Crippen LogP contribution in [0.1, 0.15) is 20.9 Å². The minimum atomic E-state index is -0.487. The molecular formula is C20H14ClN3O2S. The van der Waals surface area contributed by atoms with Crippen molar-refractivity contribution in [3.8, 4) is 11.3 Å². The van der Waals surface area contributed by atoms with E-state index in [9.17, 15) is 4.79 Å². The fourth-order valence-electron chi connectivity index (χ4n) is 2.73. The summed E-state index contributed by atoms with van der Waals surface area (Å²) in [5.41, 5.74) is 4.19. The standard InChI is InChI=1S/C20H14ClN3O2S/c1-13-4-2-10-24-16(12-22-26-20(25)17-5-3-11-27-17)18(23-19(13)24)14-6-8-15(21)9-7-14/h2-12H,1H3/b22-12-. The molecule has 0 saturated heterocycles. The minimum absolute atomic E-state index is 0.487. The van der Waals surface area contributed by atoms with Crippen LogP contribution < -0.4 is 0 Å². The van der Waals surface area contributed by atoms with Crippen LogP contribution in [0.25, 0.3) is 16.9 Å². The van der Waals surface area contributed by atoms with Crippen molar-refractivity contribution in [3.05, 3.63) is 81.3 Å². The number of halogens is 1. The summed E-state index contributed by atoms with van der Waals surface area (Å²) in [6.45, 7) is 1.99. The topological polar surface area (TPSA) is 56.0 Å². The molecule has 0 atom stereocenters. The summed E-state index contributed by atoms with van der Waals surface area (Å²) in [4.78, 5) is 22.3. The molecule has 0 radical (unpaired) electrons. The predicted octanol–water partition coefficient (Wildman–Crippen LogP) is 5.22. The number of thiophene rings is 1. The molecule has 0 spiro atoms. The number of imidazole rings is 1. The Labute approximate surface area is 164 Å². The first-order valence-electron chi connectivity index (χ1n) is 8.15. The lowest BCUT2D eigenvalue weighted by Gasteiger charge is -2.01. The van der Waals surface area contributed by atoms with Crippen molar-refractivity contribution in [1.29, 1.82) is 0 Å². The number of benzene rings is 1. The number of carbonyl (C=O) groups excluding carboxylic acids is 1. The molecule has 4 rings (SSSR count). The summed E-state index contributed by atoms with van der Waals surface area (Å²) in [6.07, 6.45) is 3.41. The summed E-state index contributed by atoms with van der Waals surface area (Å²) in [7, 11) is 0. The van der Waals surface area contributed by atoms with Gasteiger partial charge in [-0.05, 0) is 42.1 Å². The maximum atomic E-state index is 12.0. The van der Waals surface area contributed by atoms with E-state index in [2.05, 4.69) is 5.16 Å². The molecule has 0 aliphatic heterocycles. The maximum Gasteiger partial charge on any atom is 0.375 e. The van der Waals surface area contributed by atoms with Crippen molar-refractivity contribution in [3.63, 3.8) is 0 Å². The Morgan fingerprint density at radius 3 is 2.78 bits per heavy atom. The van der Waals surface area contributed by atoms with Crippen LogP contribution in [0.15, 0.2) is 65.3 Å². The SMILES string of the molecule is Cc1cccn2c(/C=N\OC(=O)c3cccs3)c(-c3ccc(Cl)cc3)nc12. The molecule has 0 saturated carbocycles. The van der Waals surface area contributed by atoms with Gasteiger partial charge in [-0.3, -0.25) is 4.40 Å². The smallest absolute Gasteiger partial charge is 0.312 e. The van der Waals surface area contributed by atoms with Crippen molar-refractivity contribution < 1.29 is 9.63 Å². The van der Waals surface area contributed by atoms with Crippen LogP contribution in [0.4, 0.5) is 0 Å². The molecule has 1 aromatic carbocycles. The molecule has 0 aliphatic rings. The highest BCUT2D eigenvalue weighted by atomic mass is 35.5. The largest absolute Gasteiger partial charge is 0.375 e. The first-order chi connectivity index (χ1) is 13.1. The van der Waals surface area contributed by atoms with Crippen molar-refractivity contribution >= 4 is 40.8 Å². The highest BCUT2D eigenvalue weighted by Gasteiger charge is 2.14. The van der Waals surface area contributed by atoms with E-state index in [1.807, 2.05) is 59.3 Å². The lowest BCUT2D eigenvalue weighted by atomic mass is 10.1. The number of rotatable bonds is 4. The number of carbonyl (C=O) groups is 1. The van der Waals surface area contributed by atoms with Crippen LogP contribution in [0.3, 0.4) is 0 Å². The van der Waals surface area contributed by atoms with Crippen molar-refractivity contribution in [2.75, 3.05) is 0 Å². The lowest BCUT2D eigenvalue weighted by molar-refractivity contribution is 0.0525. The Bertz CT molecular complexity index is 1130. The minimum Gasteiger partial charge on any atom is -0.312 e. The van der Waals surface area contributed by atoms with E-state index < -0.39 is 5.97 Å². The molecule has 3 heterocycles. The molecule has 0 unspecified atom stereocenters. The Balaban J connectivity index is 1.74. The molecule has 0 bridgehead atoms. The second-order valence-corrected chi connectivity index (χ2v) is 7.21. The van der Waals surface area contributed by atoms with E-state index in [0.717, 1.165) is 28.2 Å². The average Bonchev–Trinajstić information content (AvgIpc) is 3.32. The molecule has 3 aromatic heterocycles. The molecule has 7 heteroatoms. The summed E-state index contributed by atoms with van der Waals surface area (Å²) < 4.78 is 1.92. The first-order valence-corrected chi connectivity index (χ1v) is 9.41. The van der Waals surface area contributed by atoms with Crippen LogP contribution in [-0.2, 0) is 4.84 Å². The van der Waals surface area contributed by atoms with Gasteiger partial charge >= 0.3 is 5.97 Å². The summed E-state index contributed by atoms with van der Waals surface area (Å²) in [5.74, 6) is -0.487. The van der Waals surface area contributed by atoms with Crippen molar-refractivity contribution in [2.45, 2.75) is 6.92 Å². The average molecular weight is 396 g/mol. The molecule has 4 aromatic rings. The van der Waals surface area contributed by atoms with E-state index in [4.69, 9.17) is 21.4 Å². The normalized spacial score (nSPS) is 11.3. The third-order valence-corrected chi connectivity index (χ3v) is 5.13. The first kappa shape index (κ1) is 17.5. The van der Waals surface area contributed by atoms with Crippen LogP contribution in [-0.4, -0.2) is 21.6 Å². The summed E-state index contributed by atoms with van der Waals surface area (Å²) in [6, 6.07) is 14.8. The molecule has 0 fully saturated rings. The van der Waals surface area contributed by atoms with Gasteiger partial charge in [0.2, 0.25) is 0 Å². The number of nitrogens with zero attached hydrogens (tertiary/aromatic N) is 3. The van der Waals surface area contributed by atoms with Gasteiger partial charge in [0.25, 0.3) is 0 Å².